The van der Waals surface area contributed by atoms with Crippen molar-refractivity contribution in [2.45, 2.75) is 33.4 Å². The van der Waals surface area contributed by atoms with E-state index in [0.717, 1.165) is 11.4 Å². The number of carbonyl (C=O) groups excluding carboxylic acids is 1. The molecule has 0 saturated heterocycles. The highest BCUT2D eigenvalue weighted by Gasteiger charge is 2.21. The number of rotatable bonds is 4. The number of carbonyl (C=O) groups is 1. The van der Waals surface area contributed by atoms with Crippen LogP contribution in [-0.4, -0.2) is 32.0 Å². The van der Waals surface area contributed by atoms with Gasteiger partial charge in [-0.1, -0.05) is 6.07 Å². The quantitative estimate of drug-likeness (QED) is 0.914. The van der Waals surface area contributed by atoms with E-state index in [-0.39, 0.29) is 11.9 Å². The molecule has 100 valence electrons. The molecule has 2 aromatic heterocycles. The van der Waals surface area contributed by atoms with Crippen molar-refractivity contribution in [2.24, 2.45) is 0 Å². The Hall–Kier alpha value is -2.17. The number of nitrogens with one attached hydrogen (secondary N) is 1. The molecule has 0 aromatic carbocycles. The summed E-state index contributed by atoms with van der Waals surface area (Å²) in [6.07, 6.45) is 3.31. The normalized spacial score (nSPS) is 10.7. The second-order valence-corrected chi connectivity index (χ2v) is 4.76. The molecule has 0 fully saturated rings. The molecule has 0 aliphatic rings. The van der Waals surface area contributed by atoms with Gasteiger partial charge < -0.3 is 4.90 Å². The number of hydrogen-bond donors (Lipinski definition) is 1. The molecule has 0 aliphatic carbocycles. The van der Waals surface area contributed by atoms with Crippen molar-refractivity contribution < 1.29 is 4.79 Å². The number of H-pyrrole nitrogens is 1. The number of pyridine rings is 1. The van der Waals surface area contributed by atoms with Gasteiger partial charge in [-0.15, -0.1) is 0 Å². The minimum atomic E-state index is -0.0214. The van der Waals surface area contributed by atoms with E-state index < -0.39 is 0 Å². The third kappa shape index (κ3) is 2.99. The Morgan fingerprint density at radius 2 is 2.21 bits per heavy atom. The van der Waals surface area contributed by atoms with Crippen molar-refractivity contribution in [3.8, 4) is 0 Å². The zero-order valence-electron chi connectivity index (χ0n) is 11.4. The summed E-state index contributed by atoms with van der Waals surface area (Å²) in [4.78, 5) is 18.6. The highest BCUT2D eigenvalue weighted by atomic mass is 16.2. The van der Waals surface area contributed by atoms with Crippen molar-refractivity contribution in [1.29, 1.82) is 0 Å². The molecule has 5 nitrogen and oxygen atoms in total. The smallest absolute Gasteiger partial charge is 0.257 e. The van der Waals surface area contributed by atoms with Crippen LogP contribution in [0.5, 0.6) is 0 Å². The van der Waals surface area contributed by atoms with Gasteiger partial charge in [0.2, 0.25) is 0 Å². The summed E-state index contributed by atoms with van der Waals surface area (Å²) in [6, 6.07) is 5.81. The fraction of sp³-hybridized carbons (Fsp3) is 0.357. The third-order valence-corrected chi connectivity index (χ3v) is 3.00. The topological polar surface area (TPSA) is 61.9 Å². The first-order chi connectivity index (χ1) is 9.09. The largest absolute Gasteiger partial charge is 0.330 e. The summed E-state index contributed by atoms with van der Waals surface area (Å²) in [6.45, 7) is 6.34. The molecular weight excluding hydrogens is 240 g/mol. The first-order valence-corrected chi connectivity index (χ1v) is 6.30. The predicted molar refractivity (Wildman–Crippen MR) is 72.6 cm³/mol. The Morgan fingerprint density at radius 1 is 1.42 bits per heavy atom. The fourth-order valence-electron chi connectivity index (χ4n) is 1.88. The van der Waals surface area contributed by atoms with Crippen LogP contribution in [-0.2, 0) is 6.54 Å². The van der Waals surface area contributed by atoms with E-state index in [1.165, 1.54) is 0 Å². The number of aromatic nitrogens is 3. The molecule has 0 radical (unpaired) electrons. The van der Waals surface area contributed by atoms with Crippen LogP contribution in [0.3, 0.4) is 0 Å². The first-order valence-electron chi connectivity index (χ1n) is 6.30. The monoisotopic (exact) mass is 258 g/mol. The van der Waals surface area contributed by atoms with Crippen LogP contribution < -0.4 is 0 Å². The maximum absolute atomic E-state index is 12.5. The summed E-state index contributed by atoms with van der Waals surface area (Å²) in [5.74, 6) is -0.0214. The van der Waals surface area contributed by atoms with E-state index in [4.69, 9.17) is 0 Å². The fourth-order valence-corrected chi connectivity index (χ4v) is 1.88. The maximum atomic E-state index is 12.5. The standard InChI is InChI=1S/C14H18N4O/c1-10(2)18(9-12-6-4-5-7-15-12)14(19)13-8-16-17-11(13)3/h4-8,10H,9H2,1-3H3,(H,16,17). The Labute approximate surface area is 112 Å². The molecule has 2 rings (SSSR count). The molecule has 1 amide bonds. The molecule has 0 unspecified atom stereocenters. The summed E-state index contributed by atoms with van der Waals surface area (Å²) in [5.41, 5.74) is 2.28. The third-order valence-electron chi connectivity index (χ3n) is 3.00. The van der Waals surface area contributed by atoms with Crippen LogP contribution in [0, 0.1) is 6.92 Å². The van der Waals surface area contributed by atoms with Crippen molar-refractivity contribution in [2.75, 3.05) is 0 Å². The lowest BCUT2D eigenvalue weighted by molar-refractivity contribution is 0.0687. The average Bonchev–Trinajstić information content (AvgIpc) is 2.82. The molecule has 2 aromatic rings. The van der Waals surface area contributed by atoms with Crippen molar-refractivity contribution >= 4 is 5.91 Å². The van der Waals surface area contributed by atoms with Gasteiger partial charge >= 0.3 is 0 Å². The van der Waals surface area contributed by atoms with E-state index in [1.807, 2.05) is 39.0 Å². The second kappa shape index (κ2) is 5.65. The minimum Gasteiger partial charge on any atom is -0.330 e. The maximum Gasteiger partial charge on any atom is 0.257 e. The molecule has 0 bridgehead atoms. The van der Waals surface area contributed by atoms with Crippen LogP contribution in [0.2, 0.25) is 0 Å². The zero-order valence-corrected chi connectivity index (χ0v) is 11.4. The molecule has 0 aliphatic heterocycles. The van der Waals surface area contributed by atoms with Gasteiger partial charge in [0.05, 0.1) is 24.0 Å². The lowest BCUT2D eigenvalue weighted by Gasteiger charge is -2.26. The molecule has 1 N–H and O–H groups in total. The van der Waals surface area contributed by atoms with Gasteiger partial charge in [-0.3, -0.25) is 14.9 Å². The molecule has 19 heavy (non-hydrogen) atoms. The van der Waals surface area contributed by atoms with Gasteiger partial charge in [-0.05, 0) is 32.9 Å². The van der Waals surface area contributed by atoms with E-state index in [0.29, 0.717) is 12.1 Å². The van der Waals surface area contributed by atoms with E-state index in [9.17, 15) is 4.79 Å². The number of hydrogen-bond acceptors (Lipinski definition) is 3. The Kier molecular flexibility index (Phi) is 3.94. The number of amides is 1. The lowest BCUT2D eigenvalue weighted by atomic mass is 10.2. The van der Waals surface area contributed by atoms with Crippen LogP contribution in [0.15, 0.2) is 30.6 Å². The van der Waals surface area contributed by atoms with E-state index >= 15 is 0 Å². The van der Waals surface area contributed by atoms with Crippen molar-refractivity contribution in [1.82, 2.24) is 20.1 Å². The van der Waals surface area contributed by atoms with Crippen LogP contribution in [0.1, 0.15) is 35.6 Å². The Morgan fingerprint density at radius 3 is 2.74 bits per heavy atom. The Balaban J connectivity index is 2.22. The summed E-state index contributed by atoms with van der Waals surface area (Å²) in [5, 5.41) is 6.70. The zero-order chi connectivity index (χ0) is 13.8. The van der Waals surface area contributed by atoms with Crippen molar-refractivity contribution in [3.63, 3.8) is 0 Å². The van der Waals surface area contributed by atoms with Gasteiger partial charge in [-0.2, -0.15) is 5.10 Å². The van der Waals surface area contributed by atoms with Gasteiger partial charge in [0, 0.05) is 17.9 Å². The molecule has 0 atom stereocenters. The van der Waals surface area contributed by atoms with Gasteiger partial charge in [0.15, 0.2) is 0 Å². The first kappa shape index (κ1) is 13.3. The van der Waals surface area contributed by atoms with Gasteiger partial charge in [0.1, 0.15) is 0 Å². The Bertz CT molecular complexity index is 548. The van der Waals surface area contributed by atoms with Crippen LogP contribution in [0.4, 0.5) is 0 Å². The minimum absolute atomic E-state index is 0.0214. The molecule has 0 spiro atoms. The molecule has 0 saturated carbocycles. The van der Waals surface area contributed by atoms with Crippen LogP contribution >= 0.6 is 0 Å². The highest BCUT2D eigenvalue weighted by molar-refractivity contribution is 5.95. The van der Waals surface area contributed by atoms with Crippen LogP contribution in [0.25, 0.3) is 0 Å². The molecule has 5 heteroatoms. The summed E-state index contributed by atoms with van der Waals surface area (Å²) in [7, 11) is 0. The van der Waals surface area contributed by atoms with E-state index in [1.54, 1.807) is 17.3 Å². The predicted octanol–water partition coefficient (Wildman–Crippen LogP) is 2.16. The number of nitrogens with zero attached hydrogens (tertiary/aromatic N) is 3. The molecular formula is C14H18N4O. The number of aromatic amines is 1. The molecule has 2 heterocycles. The summed E-state index contributed by atoms with van der Waals surface area (Å²) >= 11 is 0. The van der Waals surface area contributed by atoms with Gasteiger partial charge in [0.25, 0.3) is 5.91 Å². The van der Waals surface area contributed by atoms with Crippen molar-refractivity contribution in [3.05, 3.63) is 47.5 Å². The highest BCUT2D eigenvalue weighted by Crippen LogP contribution is 2.13. The SMILES string of the molecule is Cc1[nH]ncc1C(=O)N(Cc1ccccn1)C(C)C. The second-order valence-electron chi connectivity index (χ2n) is 4.76. The summed E-state index contributed by atoms with van der Waals surface area (Å²) < 4.78 is 0. The average molecular weight is 258 g/mol. The van der Waals surface area contributed by atoms with Gasteiger partial charge in [-0.25, -0.2) is 0 Å². The number of aryl methyl sites for hydroxylation is 1. The van der Waals surface area contributed by atoms with E-state index in [2.05, 4.69) is 15.2 Å². The lowest BCUT2D eigenvalue weighted by Crippen LogP contribution is -2.36.